The maximum Gasteiger partial charge on any atom is 0.359 e. The lowest BCUT2D eigenvalue weighted by molar-refractivity contribution is -0.156. The summed E-state index contributed by atoms with van der Waals surface area (Å²) in [6, 6.07) is 0. The average Bonchev–Trinajstić information content (AvgIpc) is 2.61. The highest BCUT2D eigenvalue weighted by Gasteiger charge is 2.36. The van der Waals surface area contributed by atoms with Crippen molar-refractivity contribution in [3.8, 4) is 0 Å². The van der Waals surface area contributed by atoms with Gasteiger partial charge in [-0.3, -0.25) is 0 Å². The number of allylic oxidation sites excluding steroid dienone is 1. The number of aliphatic hydroxyl groups excluding tert-OH is 1. The maximum absolute atomic E-state index is 11.7. The van der Waals surface area contributed by atoms with E-state index in [9.17, 15) is 9.90 Å². The molecule has 27 heavy (non-hydrogen) atoms. The number of carbonyl (C=O) groups is 1. The molecule has 2 unspecified atom stereocenters. The Kier molecular flexibility index (Phi) is 16.9. The van der Waals surface area contributed by atoms with Crippen LogP contribution in [0.4, 0.5) is 0 Å². The fourth-order valence-corrected chi connectivity index (χ4v) is 2.71. The molecular weight excluding hydrogens is 411 g/mol. The van der Waals surface area contributed by atoms with Crippen molar-refractivity contribution < 1.29 is 19.4 Å². The Labute approximate surface area is 179 Å². The number of esters is 1. The quantitative estimate of drug-likeness (QED) is 0.134. The Morgan fingerprint density at radius 2 is 1.56 bits per heavy atom. The van der Waals surface area contributed by atoms with Crippen LogP contribution in [0, 0.1) is 0 Å². The number of ether oxygens (including phenoxy) is 2. The van der Waals surface area contributed by atoms with Gasteiger partial charge in [0.15, 0.2) is 6.10 Å². The third-order valence-corrected chi connectivity index (χ3v) is 4.63. The van der Waals surface area contributed by atoms with Gasteiger partial charge in [0.2, 0.25) is 0 Å². The summed E-state index contributed by atoms with van der Waals surface area (Å²) < 4.78 is 8.13. The number of hydrogen-bond donors (Lipinski definition) is 1. The van der Waals surface area contributed by atoms with Crippen LogP contribution in [0.1, 0.15) is 78.1 Å². The number of hydrogen-bond acceptors (Lipinski definition) is 4. The number of rotatable bonds is 16. The zero-order valence-electron chi connectivity index (χ0n) is 16.6. The monoisotopic (exact) mass is 444 g/mol. The lowest BCUT2D eigenvalue weighted by atomic mass is 10.1. The van der Waals surface area contributed by atoms with Gasteiger partial charge in [-0.1, -0.05) is 105 Å². The minimum atomic E-state index is -2.18. The van der Waals surface area contributed by atoms with Gasteiger partial charge in [0.1, 0.15) is 6.10 Å². The van der Waals surface area contributed by atoms with Crippen LogP contribution >= 0.6 is 34.8 Å². The van der Waals surface area contributed by atoms with E-state index in [1.54, 1.807) is 13.0 Å². The molecule has 0 aliphatic rings. The second-order valence-corrected chi connectivity index (χ2v) is 8.92. The van der Waals surface area contributed by atoms with Crippen LogP contribution in [0.15, 0.2) is 12.2 Å². The highest BCUT2D eigenvalue weighted by molar-refractivity contribution is 6.75. The summed E-state index contributed by atoms with van der Waals surface area (Å²) in [6.45, 7) is 4.50. The van der Waals surface area contributed by atoms with E-state index in [2.05, 4.69) is 6.92 Å². The zero-order valence-corrected chi connectivity index (χ0v) is 18.9. The summed E-state index contributed by atoms with van der Waals surface area (Å²) in [5, 5.41) is 10.2. The predicted molar refractivity (Wildman–Crippen MR) is 114 cm³/mol. The molecule has 0 spiro atoms. The Morgan fingerprint density at radius 3 is 2.07 bits per heavy atom. The molecule has 0 aromatic rings. The maximum atomic E-state index is 11.7. The summed E-state index contributed by atoms with van der Waals surface area (Å²) in [5.41, 5.74) is 0. The number of halogens is 3. The first-order chi connectivity index (χ1) is 12.8. The molecule has 4 nitrogen and oxygen atoms in total. The van der Waals surface area contributed by atoms with Crippen LogP contribution in [0.2, 0.25) is 0 Å². The molecule has 7 heteroatoms. The molecule has 0 bridgehead atoms. The van der Waals surface area contributed by atoms with Gasteiger partial charge in [-0.25, -0.2) is 4.79 Å². The summed E-state index contributed by atoms with van der Waals surface area (Å²) in [6.07, 6.45) is 13.9. The van der Waals surface area contributed by atoms with Crippen LogP contribution in [0.3, 0.4) is 0 Å². The zero-order chi connectivity index (χ0) is 20.5. The van der Waals surface area contributed by atoms with E-state index in [0.29, 0.717) is 6.61 Å². The van der Waals surface area contributed by atoms with E-state index in [1.807, 2.05) is 6.08 Å². The second-order valence-electron chi connectivity index (χ2n) is 6.64. The Balaban J connectivity index is 4.05. The third kappa shape index (κ3) is 15.6. The average molecular weight is 446 g/mol. The molecule has 0 saturated heterocycles. The first-order valence-electron chi connectivity index (χ1n) is 10.0. The largest absolute Gasteiger partial charge is 0.454 e. The van der Waals surface area contributed by atoms with Crippen molar-refractivity contribution in [3.63, 3.8) is 0 Å². The topological polar surface area (TPSA) is 55.8 Å². The van der Waals surface area contributed by atoms with E-state index in [0.717, 1.165) is 12.8 Å². The standard InChI is InChI=1S/C20H35Cl3O4/c1-3-5-6-7-8-9-10-11-12-13-14-15-17(24)18(16-26-4-2)27-19(25)20(21,22)23/h14-15,17-18,24H,3-13,16H2,1-2H3/b15-14+. The van der Waals surface area contributed by atoms with Gasteiger partial charge in [-0.2, -0.15) is 0 Å². The summed E-state index contributed by atoms with van der Waals surface area (Å²) in [4.78, 5) is 11.7. The molecule has 1 N–H and O–H groups in total. The molecule has 160 valence electrons. The molecule has 0 aliphatic heterocycles. The van der Waals surface area contributed by atoms with Gasteiger partial charge in [-0.05, 0) is 19.8 Å². The van der Waals surface area contributed by atoms with E-state index in [-0.39, 0.29) is 6.61 Å². The van der Waals surface area contributed by atoms with Crippen molar-refractivity contribution in [3.05, 3.63) is 12.2 Å². The minimum absolute atomic E-state index is 0.0343. The van der Waals surface area contributed by atoms with E-state index < -0.39 is 22.0 Å². The van der Waals surface area contributed by atoms with Gasteiger partial charge in [-0.15, -0.1) is 0 Å². The summed E-state index contributed by atoms with van der Waals surface area (Å²) in [7, 11) is 0. The number of aliphatic hydroxyl groups is 1. The van der Waals surface area contributed by atoms with Crippen LogP contribution in [-0.2, 0) is 14.3 Å². The number of unbranched alkanes of at least 4 members (excludes halogenated alkanes) is 9. The number of alkyl halides is 3. The molecule has 0 fully saturated rings. The number of carbonyl (C=O) groups excluding carboxylic acids is 1. The second kappa shape index (κ2) is 16.9. The Bertz CT molecular complexity index is 397. The molecule has 0 radical (unpaired) electrons. The minimum Gasteiger partial charge on any atom is -0.454 e. The van der Waals surface area contributed by atoms with Crippen molar-refractivity contribution >= 4 is 40.8 Å². The first kappa shape index (κ1) is 27.0. The van der Waals surface area contributed by atoms with Crippen LogP contribution in [-0.4, -0.2) is 40.3 Å². The first-order valence-corrected chi connectivity index (χ1v) is 11.2. The highest BCUT2D eigenvalue weighted by Crippen LogP contribution is 2.28. The molecule has 2 atom stereocenters. The molecule has 0 aromatic heterocycles. The van der Waals surface area contributed by atoms with E-state index in [1.165, 1.54) is 51.4 Å². The van der Waals surface area contributed by atoms with Gasteiger partial charge < -0.3 is 14.6 Å². The molecule has 0 aliphatic carbocycles. The van der Waals surface area contributed by atoms with E-state index >= 15 is 0 Å². The van der Waals surface area contributed by atoms with Crippen LogP contribution in [0.5, 0.6) is 0 Å². The molecule has 0 rings (SSSR count). The van der Waals surface area contributed by atoms with Gasteiger partial charge >= 0.3 is 5.97 Å². The SMILES string of the molecule is CCCCCCCCCCC/C=C/C(O)C(COCC)OC(=O)C(Cl)(Cl)Cl. The van der Waals surface area contributed by atoms with Crippen molar-refractivity contribution in [1.29, 1.82) is 0 Å². The fraction of sp³-hybridized carbons (Fsp3) is 0.850. The smallest absolute Gasteiger partial charge is 0.359 e. The van der Waals surface area contributed by atoms with Gasteiger partial charge in [0.05, 0.1) is 6.61 Å². The normalized spacial score (nSPS) is 14.4. The van der Waals surface area contributed by atoms with Crippen molar-refractivity contribution in [2.45, 2.75) is 94.1 Å². The lowest BCUT2D eigenvalue weighted by Crippen LogP contribution is -2.37. The predicted octanol–water partition coefficient (Wildman–Crippen LogP) is 6.14. The molecule has 0 heterocycles. The Morgan fingerprint density at radius 1 is 1.00 bits per heavy atom. The molecular formula is C20H35Cl3O4. The van der Waals surface area contributed by atoms with Crippen LogP contribution < -0.4 is 0 Å². The highest BCUT2D eigenvalue weighted by atomic mass is 35.6. The van der Waals surface area contributed by atoms with E-state index in [4.69, 9.17) is 44.3 Å². The van der Waals surface area contributed by atoms with Gasteiger partial charge in [0.25, 0.3) is 3.79 Å². The lowest BCUT2D eigenvalue weighted by Gasteiger charge is -2.22. The summed E-state index contributed by atoms with van der Waals surface area (Å²) >= 11 is 16.5. The fourth-order valence-electron chi connectivity index (χ4n) is 2.57. The van der Waals surface area contributed by atoms with Crippen molar-refractivity contribution in [1.82, 2.24) is 0 Å². The molecule has 0 saturated carbocycles. The molecule has 0 aromatic carbocycles. The summed E-state index contributed by atoms with van der Waals surface area (Å²) in [5.74, 6) is -1.02. The van der Waals surface area contributed by atoms with Gasteiger partial charge in [0, 0.05) is 6.61 Å². The Hall–Kier alpha value is -0.000000000000000111. The van der Waals surface area contributed by atoms with Crippen LogP contribution in [0.25, 0.3) is 0 Å². The van der Waals surface area contributed by atoms with Crippen molar-refractivity contribution in [2.24, 2.45) is 0 Å². The van der Waals surface area contributed by atoms with Crippen molar-refractivity contribution in [2.75, 3.05) is 13.2 Å². The third-order valence-electron chi connectivity index (χ3n) is 4.16. The molecule has 0 amide bonds.